The van der Waals surface area contributed by atoms with E-state index in [9.17, 15) is 9.59 Å². The van der Waals surface area contributed by atoms with Crippen LogP contribution in [0, 0.1) is 5.41 Å². The molecular formula is C27H39N3O3. The minimum absolute atomic E-state index is 0.173. The molecule has 6 nitrogen and oxygen atoms in total. The van der Waals surface area contributed by atoms with Crippen LogP contribution in [0.25, 0.3) is 0 Å². The predicted molar refractivity (Wildman–Crippen MR) is 131 cm³/mol. The van der Waals surface area contributed by atoms with Gasteiger partial charge in [-0.15, -0.1) is 0 Å². The van der Waals surface area contributed by atoms with Gasteiger partial charge in [0.15, 0.2) is 0 Å². The van der Waals surface area contributed by atoms with Gasteiger partial charge in [0.2, 0.25) is 5.91 Å². The van der Waals surface area contributed by atoms with E-state index in [-0.39, 0.29) is 17.4 Å². The van der Waals surface area contributed by atoms with Crippen molar-refractivity contribution in [3.63, 3.8) is 0 Å². The summed E-state index contributed by atoms with van der Waals surface area (Å²) in [4.78, 5) is 29.7. The van der Waals surface area contributed by atoms with Gasteiger partial charge < -0.3 is 19.9 Å². The quantitative estimate of drug-likeness (QED) is 0.613. The summed E-state index contributed by atoms with van der Waals surface area (Å²) >= 11 is 0. The largest absolute Gasteiger partial charge is 0.444 e. The molecular weight excluding hydrogens is 414 g/mol. The fourth-order valence-electron chi connectivity index (χ4n) is 6.48. The van der Waals surface area contributed by atoms with Crippen molar-refractivity contribution in [3.8, 4) is 0 Å². The Morgan fingerprint density at radius 3 is 2.21 bits per heavy atom. The number of anilines is 2. The van der Waals surface area contributed by atoms with Crippen LogP contribution in [-0.2, 0) is 14.9 Å². The summed E-state index contributed by atoms with van der Waals surface area (Å²) in [5.41, 5.74) is 3.12. The van der Waals surface area contributed by atoms with Gasteiger partial charge in [0.05, 0.1) is 5.41 Å². The summed E-state index contributed by atoms with van der Waals surface area (Å²) in [6.45, 7) is 9.45. The minimum atomic E-state index is -0.441. The lowest BCUT2D eigenvalue weighted by Gasteiger charge is -2.47. The highest BCUT2D eigenvalue weighted by Crippen LogP contribution is 2.49. The van der Waals surface area contributed by atoms with Crippen LogP contribution < -0.4 is 10.2 Å². The van der Waals surface area contributed by atoms with Crippen LogP contribution >= 0.6 is 0 Å². The maximum Gasteiger partial charge on any atom is 0.410 e. The van der Waals surface area contributed by atoms with E-state index in [1.165, 1.54) is 17.7 Å². The van der Waals surface area contributed by atoms with Crippen molar-refractivity contribution in [2.24, 2.45) is 5.41 Å². The van der Waals surface area contributed by atoms with Gasteiger partial charge in [-0.3, -0.25) is 4.79 Å². The first kappa shape index (κ1) is 22.5. The van der Waals surface area contributed by atoms with E-state index >= 15 is 0 Å². The van der Waals surface area contributed by atoms with E-state index in [0.717, 1.165) is 83.2 Å². The SMILES string of the molecule is CC(C)(C)OC(=O)N1CCC2(CC1)CCN(c1ccc3c(c1)C1(CCCCC1)C(=O)N3)CC2. The van der Waals surface area contributed by atoms with Gasteiger partial charge in [-0.05, 0) is 88.5 Å². The molecule has 1 aliphatic carbocycles. The number of fused-ring (bicyclic) bond motifs is 2. The van der Waals surface area contributed by atoms with Crippen LogP contribution in [0.3, 0.4) is 0 Å². The number of ether oxygens (including phenoxy) is 1. The van der Waals surface area contributed by atoms with E-state index in [4.69, 9.17) is 4.74 Å². The van der Waals surface area contributed by atoms with Gasteiger partial charge in [0.1, 0.15) is 5.60 Å². The maximum absolute atomic E-state index is 12.9. The van der Waals surface area contributed by atoms with E-state index in [2.05, 4.69) is 28.4 Å². The summed E-state index contributed by atoms with van der Waals surface area (Å²) in [6.07, 6.45) is 9.75. The number of benzene rings is 1. The van der Waals surface area contributed by atoms with Crippen molar-refractivity contribution in [2.75, 3.05) is 36.4 Å². The van der Waals surface area contributed by atoms with Gasteiger partial charge in [0, 0.05) is 37.6 Å². The zero-order chi connectivity index (χ0) is 23.3. The Hall–Kier alpha value is -2.24. The summed E-state index contributed by atoms with van der Waals surface area (Å²) in [5, 5.41) is 3.16. The van der Waals surface area contributed by atoms with Crippen LogP contribution in [0.4, 0.5) is 16.2 Å². The monoisotopic (exact) mass is 453 g/mol. The lowest BCUT2D eigenvalue weighted by atomic mass is 9.70. The number of rotatable bonds is 1. The number of hydrogen-bond donors (Lipinski definition) is 1. The topological polar surface area (TPSA) is 61.9 Å². The molecule has 1 aromatic carbocycles. The average molecular weight is 454 g/mol. The fourth-order valence-corrected chi connectivity index (χ4v) is 6.48. The number of hydrogen-bond acceptors (Lipinski definition) is 4. The molecule has 3 aliphatic heterocycles. The molecule has 6 heteroatoms. The molecule has 2 amide bonds. The number of piperidine rings is 2. The first-order valence-electron chi connectivity index (χ1n) is 12.9. The number of nitrogens with one attached hydrogen (secondary N) is 1. The zero-order valence-electron chi connectivity index (χ0n) is 20.5. The molecule has 180 valence electrons. The first-order chi connectivity index (χ1) is 15.7. The molecule has 3 heterocycles. The van der Waals surface area contributed by atoms with Gasteiger partial charge in [0.25, 0.3) is 0 Å². The second kappa shape index (κ2) is 8.21. The van der Waals surface area contributed by atoms with Crippen LogP contribution in [0.15, 0.2) is 18.2 Å². The summed E-state index contributed by atoms with van der Waals surface area (Å²) in [7, 11) is 0. The van der Waals surface area contributed by atoms with Crippen LogP contribution in [-0.4, -0.2) is 48.7 Å². The molecule has 5 rings (SSSR count). The number of carbonyl (C=O) groups excluding carboxylic acids is 2. The fraction of sp³-hybridized carbons (Fsp3) is 0.704. The second-order valence-corrected chi connectivity index (χ2v) is 11.8. The smallest absolute Gasteiger partial charge is 0.410 e. The predicted octanol–water partition coefficient (Wildman–Crippen LogP) is 5.46. The summed E-state index contributed by atoms with van der Waals surface area (Å²) in [6, 6.07) is 6.61. The van der Waals surface area contributed by atoms with Crippen LogP contribution in [0.1, 0.15) is 84.1 Å². The molecule has 0 atom stereocenters. The minimum Gasteiger partial charge on any atom is -0.444 e. The van der Waals surface area contributed by atoms with Crippen molar-refractivity contribution >= 4 is 23.4 Å². The number of nitrogens with zero attached hydrogens (tertiary/aromatic N) is 2. The highest BCUT2D eigenvalue weighted by molar-refractivity contribution is 6.06. The Balaban J connectivity index is 1.22. The van der Waals surface area contributed by atoms with Crippen LogP contribution in [0.5, 0.6) is 0 Å². The van der Waals surface area contributed by atoms with Gasteiger partial charge in [-0.25, -0.2) is 4.79 Å². The first-order valence-corrected chi connectivity index (χ1v) is 12.9. The third-order valence-electron chi connectivity index (χ3n) is 8.57. The lowest BCUT2D eigenvalue weighted by molar-refractivity contribution is -0.121. The summed E-state index contributed by atoms with van der Waals surface area (Å²) < 4.78 is 5.57. The van der Waals surface area contributed by atoms with E-state index in [1.807, 2.05) is 25.7 Å². The highest BCUT2D eigenvalue weighted by atomic mass is 16.6. The number of likely N-dealkylation sites (tertiary alicyclic amines) is 1. The molecule has 0 aromatic heterocycles. The Labute approximate surface area is 198 Å². The molecule has 0 bridgehead atoms. The summed E-state index contributed by atoms with van der Waals surface area (Å²) in [5.74, 6) is 0.212. The average Bonchev–Trinajstić information content (AvgIpc) is 3.04. The third kappa shape index (κ3) is 4.22. The second-order valence-electron chi connectivity index (χ2n) is 11.8. The molecule has 0 radical (unpaired) electrons. The van der Waals surface area contributed by atoms with Crippen molar-refractivity contribution in [3.05, 3.63) is 23.8 Å². The Morgan fingerprint density at radius 1 is 0.939 bits per heavy atom. The molecule has 3 fully saturated rings. The molecule has 33 heavy (non-hydrogen) atoms. The zero-order valence-corrected chi connectivity index (χ0v) is 20.5. The molecule has 0 unspecified atom stereocenters. The Kier molecular flexibility index (Phi) is 5.61. The molecule has 1 saturated carbocycles. The van der Waals surface area contributed by atoms with Crippen molar-refractivity contribution in [2.45, 2.75) is 89.6 Å². The molecule has 4 aliphatic rings. The van der Waals surface area contributed by atoms with Crippen molar-refractivity contribution in [1.82, 2.24) is 4.90 Å². The van der Waals surface area contributed by atoms with Gasteiger partial charge >= 0.3 is 6.09 Å². The Morgan fingerprint density at radius 2 is 1.58 bits per heavy atom. The van der Waals surface area contributed by atoms with Gasteiger partial charge in [-0.1, -0.05) is 19.3 Å². The van der Waals surface area contributed by atoms with Crippen molar-refractivity contribution in [1.29, 1.82) is 0 Å². The highest BCUT2D eigenvalue weighted by Gasteiger charge is 2.47. The Bertz CT molecular complexity index is 911. The number of carbonyl (C=O) groups is 2. The van der Waals surface area contributed by atoms with E-state index in [0.29, 0.717) is 5.41 Å². The van der Waals surface area contributed by atoms with Crippen molar-refractivity contribution < 1.29 is 14.3 Å². The molecule has 1 aromatic rings. The normalized spacial score (nSPS) is 24.0. The standard InChI is InChI=1S/C27H39N3O3/c1-25(2,3)33-24(32)30-17-13-26(14-18-30)11-15-29(16-12-26)20-7-8-22-21(19-20)27(23(31)28-22)9-5-4-6-10-27/h7-8,19H,4-6,9-18H2,1-3H3,(H,28,31). The lowest BCUT2D eigenvalue weighted by Crippen LogP contribution is -2.49. The third-order valence-corrected chi connectivity index (χ3v) is 8.57. The van der Waals surface area contributed by atoms with E-state index < -0.39 is 5.60 Å². The van der Waals surface area contributed by atoms with Gasteiger partial charge in [-0.2, -0.15) is 0 Å². The maximum atomic E-state index is 12.9. The molecule has 2 saturated heterocycles. The molecule has 2 spiro atoms. The van der Waals surface area contributed by atoms with Crippen LogP contribution in [0.2, 0.25) is 0 Å². The number of amides is 2. The molecule has 1 N–H and O–H groups in total. The van der Waals surface area contributed by atoms with E-state index in [1.54, 1.807) is 0 Å².